The highest BCUT2D eigenvalue weighted by molar-refractivity contribution is 8.10. The van der Waals surface area contributed by atoms with E-state index in [-0.39, 0.29) is 5.25 Å². The van der Waals surface area contributed by atoms with Crippen molar-refractivity contribution in [1.29, 1.82) is 0 Å². The fourth-order valence-electron chi connectivity index (χ4n) is 0.948. The SMILES string of the molecule is C=S(F)C(CC)C(C)C. The van der Waals surface area contributed by atoms with Crippen molar-refractivity contribution in [2.45, 2.75) is 32.4 Å². The number of rotatable bonds is 3. The Labute approximate surface area is 59.7 Å². The van der Waals surface area contributed by atoms with Crippen molar-refractivity contribution >= 4 is 16.7 Å². The van der Waals surface area contributed by atoms with Crippen LogP contribution in [-0.2, 0) is 0 Å². The van der Waals surface area contributed by atoms with Crippen LogP contribution in [0.4, 0.5) is 3.89 Å². The van der Waals surface area contributed by atoms with Gasteiger partial charge in [-0.25, -0.2) is 0 Å². The topological polar surface area (TPSA) is 0 Å². The van der Waals surface area contributed by atoms with Crippen LogP contribution in [0.25, 0.3) is 0 Å². The molecule has 0 aromatic heterocycles. The van der Waals surface area contributed by atoms with Gasteiger partial charge >= 0.3 is 0 Å². The average Bonchev–Trinajstić information content (AvgIpc) is 1.64. The largest absolute Gasteiger partial charge is 0.174 e. The maximum absolute atomic E-state index is 12.5. The zero-order valence-corrected chi connectivity index (χ0v) is 7.17. The van der Waals surface area contributed by atoms with E-state index in [0.29, 0.717) is 5.92 Å². The predicted octanol–water partition coefficient (Wildman–Crippen LogP) is 3.01. The Morgan fingerprint density at radius 1 is 1.56 bits per heavy atom. The van der Waals surface area contributed by atoms with Crippen molar-refractivity contribution < 1.29 is 3.89 Å². The predicted molar refractivity (Wildman–Crippen MR) is 44.7 cm³/mol. The first-order valence-electron chi connectivity index (χ1n) is 3.28. The van der Waals surface area contributed by atoms with E-state index in [1.54, 1.807) is 0 Å². The summed E-state index contributed by atoms with van der Waals surface area (Å²) in [5.74, 6) is 3.82. The Balaban J connectivity index is 3.83. The maximum atomic E-state index is 12.5. The summed E-state index contributed by atoms with van der Waals surface area (Å²) >= 11 is 0. The molecule has 0 aliphatic heterocycles. The van der Waals surface area contributed by atoms with Gasteiger partial charge in [-0.05, 0) is 29.1 Å². The third-order valence-corrected chi connectivity index (χ3v) is 3.01. The summed E-state index contributed by atoms with van der Waals surface area (Å²) in [6, 6.07) is 0. The average molecular weight is 150 g/mol. The van der Waals surface area contributed by atoms with Crippen molar-refractivity contribution in [2.75, 3.05) is 0 Å². The molecule has 0 nitrogen and oxygen atoms in total. The summed E-state index contributed by atoms with van der Waals surface area (Å²) in [5.41, 5.74) is 0. The molecule has 0 spiro atoms. The Kier molecular flexibility index (Phi) is 4.11. The molecule has 9 heavy (non-hydrogen) atoms. The van der Waals surface area contributed by atoms with Gasteiger partial charge in [-0.3, -0.25) is 0 Å². The molecular formula is C7H15FS. The first kappa shape index (κ1) is 9.15. The van der Waals surface area contributed by atoms with E-state index in [9.17, 15) is 3.89 Å². The van der Waals surface area contributed by atoms with Crippen LogP contribution in [0.15, 0.2) is 0 Å². The summed E-state index contributed by atoms with van der Waals surface area (Å²) in [4.78, 5) is 0. The first-order valence-corrected chi connectivity index (χ1v) is 4.64. The summed E-state index contributed by atoms with van der Waals surface area (Å²) in [6.07, 6.45) is 0.904. The van der Waals surface area contributed by atoms with Crippen molar-refractivity contribution in [3.8, 4) is 0 Å². The van der Waals surface area contributed by atoms with Crippen LogP contribution in [0.2, 0.25) is 0 Å². The zero-order valence-electron chi connectivity index (χ0n) is 6.36. The zero-order chi connectivity index (χ0) is 7.44. The lowest BCUT2D eigenvalue weighted by atomic mass is 10.1. The van der Waals surface area contributed by atoms with Crippen molar-refractivity contribution in [3.05, 3.63) is 0 Å². The van der Waals surface area contributed by atoms with Crippen LogP contribution in [0.1, 0.15) is 27.2 Å². The summed E-state index contributed by atoms with van der Waals surface area (Å²) in [5, 5.41) is 0.171. The molecule has 0 saturated heterocycles. The monoisotopic (exact) mass is 150 g/mol. The number of hydrogen-bond donors (Lipinski definition) is 0. The molecule has 0 saturated carbocycles. The van der Waals surface area contributed by atoms with Gasteiger partial charge in [0, 0.05) is 5.25 Å². The van der Waals surface area contributed by atoms with Crippen molar-refractivity contribution in [2.24, 2.45) is 5.92 Å². The van der Waals surface area contributed by atoms with Gasteiger partial charge in [0.2, 0.25) is 0 Å². The number of hydrogen-bond acceptors (Lipinski definition) is 0. The van der Waals surface area contributed by atoms with Gasteiger partial charge in [0.05, 0.1) is 0 Å². The normalized spacial score (nSPS) is 17.9. The molecule has 0 fully saturated rings. The minimum atomic E-state index is -1.13. The van der Waals surface area contributed by atoms with Gasteiger partial charge in [0.25, 0.3) is 0 Å². The van der Waals surface area contributed by atoms with Gasteiger partial charge < -0.3 is 0 Å². The molecule has 2 atom stereocenters. The number of halogens is 1. The molecule has 0 heterocycles. The van der Waals surface area contributed by atoms with Gasteiger partial charge in [-0.15, -0.1) is 0 Å². The second kappa shape index (κ2) is 4.04. The molecule has 0 bridgehead atoms. The van der Waals surface area contributed by atoms with Crippen molar-refractivity contribution in [3.63, 3.8) is 0 Å². The van der Waals surface area contributed by atoms with Crippen LogP contribution < -0.4 is 0 Å². The Hall–Kier alpha value is 0.150. The fraction of sp³-hybridized carbons (Fsp3) is 0.857. The molecule has 0 aliphatic rings. The van der Waals surface area contributed by atoms with Crippen molar-refractivity contribution in [1.82, 2.24) is 0 Å². The van der Waals surface area contributed by atoms with E-state index in [1.807, 2.05) is 20.8 Å². The highest BCUT2D eigenvalue weighted by Crippen LogP contribution is 2.28. The standard InChI is InChI=1S/C7H15FS/c1-5-7(6(2)3)9(4)8/h6-7H,4-5H2,1-3H3. The fourth-order valence-corrected chi connectivity index (χ4v) is 1.90. The van der Waals surface area contributed by atoms with Gasteiger partial charge in [-0.1, -0.05) is 20.8 Å². The van der Waals surface area contributed by atoms with Gasteiger partial charge in [-0.2, -0.15) is 3.89 Å². The third kappa shape index (κ3) is 2.99. The molecule has 0 aromatic carbocycles. The minimum absolute atomic E-state index is 0.171. The maximum Gasteiger partial charge on any atom is 0.0302 e. The van der Waals surface area contributed by atoms with Gasteiger partial charge in [0.15, 0.2) is 0 Å². The Morgan fingerprint density at radius 3 is 2.00 bits per heavy atom. The molecule has 0 aliphatic carbocycles. The summed E-state index contributed by atoms with van der Waals surface area (Å²) in [7, 11) is -1.13. The Bertz CT molecular complexity index is 99.1. The molecule has 0 amide bonds. The van der Waals surface area contributed by atoms with Crippen LogP contribution >= 0.6 is 10.9 Å². The van der Waals surface area contributed by atoms with Crippen LogP contribution in [-0.4, -0.2) is 11.1 Å². The summed E-state index contributed by atoms with van der Waals surface area (Å²) < 4.78 is 12.5. The van der Waals surface area contributed by atoms with E-state index in [4.69, 9.17) is 0 Å². The van der Waals surface area contributed by atoms with Crippen LogP contribution in [0.5, 0.6) is 0 Å². The molecule has 2 heteroatoms. The van der Waals surface area contributed by atoms with E-state index < -0.39 is 10.9 Å². The lowest BCUT2D eigenvalue weighted by Crippen LogP contribution is -2.09. The molecule has 56 valence electrons. The lowest BCUT2D eigenvalue weighted by molar-refractivity contribution is 0.583. The van der Waals surface area contributed by atoms with Gasteiger partial charge in [0.1, 0.15) is 0 Å². The highest BCUT2D eigenvalue weighted by atomic mass is 32.2. The smallest absolute Gasteiger partial charge is 0.0302 e. The minimum Gasteiger partial charge on any atom is -0.174 e. The molecule has 0 N–H and O–H groups in total. The summed E-state index contributed by atoms with van der Waals surface area (Å²) in [6.45, 7) is 6.09. The van der Waals surface area contributed by atoms with E-state index in [1.165, 1.54) is 0 Å². The molecule has 0 rings (SSSR count). The first-order chi connectivity index (χ1) is 4.09. The van der Waals surface area contributed by atoms with Crippen LogP contribution in [0, 0.1) is 5.92 Å². The highest BCUT2D eigenvalue weighted by Gasteiger charge is 2.12. The third-order valence-electron chi connectivity index (χ3n) is 1.47. The van der Waals surface area contributed by atoms with E-state index in [0.717, 1.165) is 6.42 Å². The lowest BCUT2D eigenvalue weighted by Gasteiger charge is -2.15. The molecule has 0 aromatic rings. The second-order valence-corrected chi connectivity index (χ2v) is 3.89. The van der Waals surface area contributed by atoms with Crippen LogP contribution in [0.3, 0.4) is 0 Å². The molecular weight excluding hydrogens is 135 g/mol. The van der Waals surface area contributed by atoms with E-state index in [2.05, 4.69) is 5.87 Å². The molecule has 2 unspecified atom stereocenters. The quantitative estimate of drug-likeness (QED) is 0.542. The van der Waals surface area contributed by atoms with E-state index >= 15 is 0 Å². The Morgan fingerprint density at radius 2 is 2.00 bits per heavy atom. The molecule has 0 radical (unpaired) electrons. The second-order valence-electron chi connectivity index (χ2n) is 2.56.